The van der Waals surface area contributed by atoms with E-state index in [1.807, 2.05) is 0 Å². The Balaban J connectivity index is 1.60. The fraction of sp³-hybridized carbons (Fsp3) is 0.667. The summed E-state index contributed by atoms with van der Waals surface area (Å²) >= 11 is 0. The maximum atomic E-state index is 3.48. The lowest BCUT2D eigenvalue weighted by atomic mass is 10.1. The van der Waals surface area contributed by atoms with Crippen LogP contribution in [0.4, 0.5) is 5.69 Å². The molecule has 2 aliphatic rings. The first-order valence-corrected chi connectivity index (χ1v) is 8.28. The molecule has 3 rings (SSSR count). The van der Waals surface area contributed by atoms with E-state index in [1.54, 1.807) is 0 Å². The number of benzene rings is 1. The van der Waals surface area contributed by atoms with E-state index in [-0.39, 0.29) is 0 Å². The fourth-order valence-corrected chi connectivity index (χ4v) is 2.66. The Hall–Kier alpha value is -1.02. The smallest absolute Gasteiger partial charge is 0.0366 e. The van der Waals surface area contributed by atoms with Crippen molar-refractivity contribution in [1.29, 1.82) is 0 Å². The van der Waals surface area contributed by atoms with Gasteiger partial charge >= 0.3 is 0 Å². The molecule has 0 bridgehead atoms. The molecule has 0 saturated heterocycles. The van der Waals surface area contributed by atoms with Gasteiger partial charge in [0.25, 0.3) is 0 Å². The molecule has 0 radical (unpaired) electrons. The average molecular weight is 272 g/mol. The van der Waals surface area contributed by atoms with Crippen LogP contribution in [0.2, 0.25) is 0 Å². The van der Waals surface area contributed by atoms with Gasteiger partial charge in [-0.05, 0) is 55.2 Å². The lowest BCUT2D eigenvalue weighted by Gasteiger charge is -2.25. The molecule has 20 heavy (non-hydrogen) atoms. The summed E-state index contributed by atoms with van der Waals surface area (Å²) in [5, 5.41) is 3.48. The van der Waals surface area contributed by atoms with Crippen molar-refractivity contribution in [2.24, 2.45) is 11.8 Å². The van der Waals surface area contributed by atoms with E-state index in [4.69, 9.17) is 0 Å². The van der Waals surface area contributed by atoms with E-state index < -0.39 is 0 Å². The van der Waals surface area contributed by atoms with Crippen molar-refractivity contribution in [3.63, 3.8) is 0 Å². The predicted octanol–water partition coefficient (Wildman–Crippen LogP) is 3.81. The average Bonchev–Trinajstić information content (AvgIpc) is 3.31. The topological polar surface area (TPSA) is 15.3 Å². The van der Waals surface area contributed by atoms with E-state index in [9.17, 15) is 0 Å². The molecule has 2 heteroatoms. The molecular weight excluding hydrogens is 244 g/mol. The molecule has 0 aliphatic heterocycles. The molecule has 2 saturated carbocycles. The van der Waals surface area contributed by atoms with Gasteiger partial charge in [0.1, 0.15) is 0 Å². The summed E-state index contributed by atoms with van der Waals surface area (Å²) in [5.41, 5.74) is 2.82. The number of nitrogens with one attached hydrogen (secondary N) is 1. The van der Waals surface area contributed by atoms with Crippen molar-refractivity contribution < 1.29 is 0 Å². The van der Waals surface area contributed by atoms with Crippen LogP contribution in [-0.2, 0) is 6.54 Å². The van der Waals surface area contributed by atoms with Crippen LogP contribution >= 0.6 is 0 Å². The third kappa shape index (κ3) is 4.24. The van der Waals surface area contributed by atoms with Crippen molar-refractivity contribution >= 4 is 5.69 Å². The summed E-state index contributed by atoms with van der Waals surface area (Å²) in [5.74, 6) is 1.94. The van der Waals surface area contributed by atoms with Gasteiger partial charge in [0.15, 0.2) is 0 Å². The normalized spacial score (nSPS) is 18.6. The SMILES string of the molecule is CC(C)NCc1ccc(N(CC2CC2)CC2CC2)cc1. The van der Waals surface area contributed by atoms with Crippen molar-refractivity contribution in [2.45, 2.75) is 52.1 Å². The van der Waals surface area contributed by atoms with Gasteiger partial charge in [-0.25, -0.2) is 0 Å². The maximum absolute atomic E-state index is 3.48. The van der Waals surface area contributed by atoms with Crippen molar-refractivity contribution in [3.05, 3.63) is 29.8 Å². The molecule has 110 valence electrons. The molecule has 2 nitrogen and oxygen atoms in total. The van der Waals surface area contributed by atoms with Crippen LogP contribution in [0.25, 0.3) is 0 Å². The number of rotatable bonds is 8. The zero-order valence-corrected chi connectivity index (χ0v) is 12.9. The largest absolute Gasteiger partial charge is 0.371 e. The van der Waals surface area contributed by atoms with Crippen LogP contribution in [0, 0.1) is 11.8 Å². The van der Waals surface area contributed by atoms with Gasteiger partial charge in [-0.3, -0.25) is 0 Å². The van der Waals surface area contributed by atoms with Crippen molar-refractivity contribution in [1.82, 2.24) is 5.32 Å². The van der Waals surface area contributed by atoms with Crippen LogP contribution < -0.4 is 10.2 Å². The monoisotopic (exact) mass is 272 g/mol. The van der Waals surface area contributed by atoms with Gasteiger partial charge in [-0.2, -0.15) is 0 Å². The number of nitrogens with zero attached hydrogens (tertiary/aromatic N) is 1. The summed E-state index contributed by atoms with van der Waals surface area (Å²) in [6.45, 7) is 7.92. The van der Waals surface area contributed by atoms with Crippen LogP contribution in [-0.4, -0.2) is 19.1 Å². The molecular formula is C18H28N2. The third-order valence-corrected chi connectivity index (χ3v) is 4.37. The highest BCUT2D eigenvalue weighted by atomic mass is 15.1. The summed E-state index contributed by atoms with van der Waals surface area (Å²) in [6.07, 6.45) is 5.77. The minimum atomic E-state index is 0.552. The molecule has 0 atom stereocenters. The Kier molecular flexibility index (Phi) is 4.30. The Morgan fingerprint density at radius 1 is 1.00 bits per heavy atom. The van der Waals surface area contributed by atoms with Gasteiger partial charge < -0.3 is 10.2 Å². The fourth-order valence-electron chi connectivity index (χ4n) is 2.66. The maximum Gasteiger partial charge on any atom is 0.0366 e. The number of anilines is 1. The van der Waals surface area contributed by atoms with Crippen LogP contribution in [0.15, 0.2) is 24.3 Å². The molecule has 2 fully saturated rings. The van der Waals surface area contributed by atoms with E-state index in [1.165, 1.54) is 50.0 Å². The molecule has 1 aromatic carbocycles. The van der Waals surface area contributed by atoms with Gasteiger partial charge in [0, 0.05) is 31.4 Å². The standard InChI is InChI=1S/C18H28N2/c1-14(2)19-11-15-7-9-18(10-8-15)20(12-16-3-4-16)13-17-5-6-17/h7-10,14,16-17,19H,3-6,11-13H2,1-2H3. The third-order valence-electron chi connectivity index (χ3n) is 4.37. The molecule has 0 heterocycles. The Morgan fingerprint density at radius 3 is 2.00 bits per heavy atom. The first kappa shape index (κ1) is 13.9. The van der Waals surface area contributed by atoms with Crippen molar-refractivity contribution in [3.8, 4) is 0 Å². The summed E-state index contributed by atoms with van der Waals surface area (Å²) in [4.78, 5) is 2.63. The van der Waals surface area contributed by atoms with Gasteiger partial charge in [-0.15, -0.1) is 0 Å². The Bertz CT molecular complexity index is 402. The number of hydrogen-bond acceptors (Lipinski definition) is 2. The zero-order chi connectivity index (χ0) is 13.9. The highest BCUT2D eigenvalue weighted by molar-refractivity contribution is 5.48. The van der Waals surface area contributed by atoms with Gasteiger partial charge in [-0.1, -0.05) is 26.0 Å². The highest BCUT2D eigenvalue weighted by Crippen LogP contribution is 2.35. The molecule has 1 aromatic rings. The second-order valence-corrected chi connectivity index (χ2v) is 6.99. The van der Waals surface area contributed by atoms with E-state index in [0.29, 0.717) is 6.04 Å². The number of hydrogen-bond donors (Lipinski definition) is 1. The quantitative estimate of drug-likeness (QED) is 0.774. The summed E-state index contributed by atoms with van der Waals surface area (Å²) < 4.78 is 0. The molecule has 1 N–H and O–H groups in total. The second-order valence-electron chi connectivity index (χ2n) is 6.99. The minimum Gasteiger partial charge on any atom is -0.371 e. The van der Waals surface area contributed by atoms with Gasteiger partial charge in [0.05, 0.1) is 0 Å². The predicted molar refractivity (Wildman–Crippen MR) is 86.1 cm³/mol. The van der Waals surface area contributed by atoms with Crippen molar-refractivity contribution in [2.75, 3.05) is 18.0 Å². The molecule has 0 unspecified atom stereocenters. The van der Waals surface area contributed by atoms with E-state index in [2.05, 4.69) is 48.3 Å². The van der Waals surface area contributed by atoms with Crippen LogP contribution in [0.1, 0.15) is 45.1 Å². The highest BCUT2D eigenvalue weighted by Gasteiger charge is 2.29. The summed E-state index contributed by atoms with van der Waals surface area (Å²) in [6, 6.07) is 9.77. The van der Waals surface area contributed by atoms with E-state index >= 15 is 0 Å². The molecule has 0 spiro atoms. The Morgan fingerprint density at radius 2 is 1.55 bits per heavy atom. The summed E-state index contributed by atoms with van der Waals surface area (Å²) in [7, 11) is 0. The molecule has 0 amide bonds. The lowest BCUT2D eigenvalue weighted by molar-refractivity contribution is 0.589. The van der Waals surface area contributed by atoms with Crippen LogP contribution in [0.3, 0.4) is 0 Å². The van der Waals surface area contributed by atoms with Crippen LogP contribution in [0.5, 0.6) is 0 Å². The second kappa shape index (κ2) is 6.17. The first-order chi connectivity index (χ1) is 9.70. The molecule has 0 aromatic heterocycles. The van der Waals surface area contributed by atoms with Gasteiger partial charge in [0.2, 0.25) is 0 Å². The van der Waals surface area contributed by atoms with E-state index in [0.717, 1.165) is 18.4 Å². The lowest BCUT2D eigenvalue weighted by Crippen LogP contribution is -2.28. The minimum absolute atomic E-state index is 0.552. The molecule has 2 aliphatic carbocycles. The Labute approximate surface area is 123 Å². The first-order valence-electron chi connectivity index (χ1n) is 8.28. The zero-order valence-electron chi connectivity index (χ0n) is 12.9.